The first-order valence-corrected chi connectivity index (χ1v) is 5.71. The molecule has 1 atom stereocenters. The molecular weight excluding hydrogens is 224 g/mol. The lowest BCUT2D eigenvalue weighted by Gasteiger charge is -2.32. The lowest BCUT2D eigenvalue weighted by molar-refractivity contribution is -0.133. The summed E-state index contributed by atoms with van der Waals surface area (Å²) in [6.45, 7) is 2.66. The standard InChI is InChI=1S/C10H16ClF2NO/c1-2-8(11)10(15)14-5-3-7(4-6-14)9(12)13/h7-9H,2-6H2,1H3/t8-/m1/s1. The van der Waals surface area contributed by atoms with E-state index in [1.807, 2.05) is 6.92 Å². The van der Waals surface area contributed by atoms with Crippen molar-refractivity contribution in [3.05, 3.63) is 0 Å². The zero-order chi connectivity index (χ0) is 11.4. The van der Waals surface area contributed by atoms with Gasteiger partial charge in [0.25, 0.3) is 0 Å². The third-order valence-corrected chi connectivity index (χ3v) is 3.33. The number of halogens is 3. The minimum absolute atomic E-state index is 0.119. The summed E-state index contributed by atoms with van der Waals surface area (Å²) in [4.78, 5) is 13.2. The molecule has 0 aromatic carbocycles. The maximum absolute atomic E-state index is 12.3. The molecular formula is C10H16ClF2NO. The Morgan fingerprint density at radius 1 is 1.47 bits per heavy atom. The van der Waals surface area contributed by atoms with Crippen molar-refractivity contribution in [2.24, 2.45) is 5.92 Å². The van der Waals surface area contributed by atoms with Gasteiger partial charge in [-0.3, -0.25) is 4.79 Å². The molecule has 1 aliphatic rings. The molecule has 0 radical (unpaired) electrons. The van der Waals surface area contributed by atoms with Crippen molar-refractivity contribution in [2.75, 3.05) is 13.1 Å². The number of hydrogen-bond donors (Lipinski definition) is 0. The second-order valence-electron chi connectivity index (χ2n) is 3.87. The zero-order valence-corrected chi connectivity index (χ0v) is 9.51. The SMILES string of the molecule is CC[C@@H](Cl)C(=O)N1CCC(C(F)F)CC1. The molecule has 1 rings (SSSR count). The van der Waals surface area contributed by atoms with E-state index >= 15 is 0 Å². The summed E-state index contributed by atoms with van der Waals surface area (Å²) in [6, 6.07) is 0. The monoisotopic (exact) mass is 239 g/mol. The van der Waals surface area contributed by atoms with Crippen molar-refractivity contribution in [2.45, 2.75) is 38.0 Å². The van der Waals surface area contributed by atoms with Gasteiger partial charge in [0.05, 0.1) is 0 Å². The molecule has 1 aliphatic heterocycles. The average molecular weight is 240 g/mol. The van der Waals surface area contributed by atoms with E-state index < -0.39 is 17.7 Å². The third-order valence-electron chi connectivity index (χ3n) is 2.83. The van der Waals surface area contributed by atoms with Gasteiger partial charge >= 0.3 is 0 Å². The van der Waals surface area contributed by atoms with Gasteiger partial charge in [-0.2, -0.15) is 0 Å². The van der Waals surface area contributed by atoms with Crippen LogP contribution in [0.3, 0.4) is 0 Å². The van der Waals surface area contributed by atoms with E-state index in [9.17, 15) is 13.6 Å². The van der Waals surface area contributed by atoms with Crippen LogP contribution in [-0.4, -0.2) is 35.7 Å². The van der Waals surface area contributed by atoms with Gasteiger partial charge in [-0.05, 0) is 19.3 Å². The Bertz CT molecular complexity index is 217. The summed E-state index contributed by atoms with van der Waals surface area (Å²) in [5.41, 5.74) is 0. The highest BCUT2D eigenvalue weighted by Crippen LogP contribution is 2.24. The van der Waals surface area contributed by atoms with Crippen molar-refractivity contribution < 1.29 is 13.6 Å². The Balaban J connectivity index is 2.40. The number of alkyl halides is 3. The highest BCUT2D eigenvalue weighted by molar-refractivity contribution is 6.30. The molecule has 0 aromatic heterocycles. The van der Waals surface area contributed by atoms with Crippen LogP contribution < -0.4 is 0 Å². The number of nitrogens with zero attached hydrogens (tertiary/aromatic N) is 1. The van der Waals surface area contributed by atoms with Crippen LogP contribution in [-0.2, 0) is 4.79 Å². The molecule has 1 amide bonds. The van der Waals surface area contributed by atoms with Gasteiger partial charge < -0.3 is 4.90 Å². The molecule has 15 heavy (non-hydrogen) atoms. The number of carbonyl (C=O) groups is 1. The number of amides is 1. The van der Waals surface area contributed by atoms with E-state index in [1.165, 1.54) is 0 Å². The van der Waals surface area contributed by atoms with Gasteiger partial charge in [0.15, 0.2) is 0 Å². The maximum Gasteiger partial charge on any atom is 0.241 e. The normalized spacial score (nSPS) is 20.7. The molecule has 5 heteroatoms. The molecule has 0 N–H and O–H groups in total. The van der Waals surface area contributed by atoms with E-state index in [0.29, 0.717) is 32.4 Å². The predicted octanol–water partition coefficient (Wildman–Crippen LogP) is 2.51. The molecule has 1 saturated heterocycles. The molecule has 0 bridgehead atoms. The van der Waals surface area contributed by atoms with Gasteiger partial charge in [0.1, 0.15) is 5.38 Å². The Morgan fingerprint density at radius 2 is 2.00 bits per heavy atom. The van der Waals surface area contributed by atoms with E-state index in [2.05, 4.69) is 0 Å². The first kappa shape index (κ1) is 12.7. The Kier molecular flexibility index (Phi) is 4.77. The largest absolute Gasteiger partial charge is 0.341 e. The lowest BCUT2D eigenvalue weighted by atomic mass is 9.97. The van der Waals surface area contributed by atoms with Crippen LogP contribution >= 0.6 is 11.6 Å². The van der Waals surface area contributed by atoms with E-state index in [-0.39, 0.29) is 5.91 Å². The van der Waals surface area contributed by atoms with Gasteiger partial charge in [-0.25, -0.2) is 8.78 Å². The predicted molar refractivity (Wildman–Crippen MR) is 55.2 cm³/mol. The Labute approximate surface area is 93.6 Å². The summed E-state index contributed by atoms with van der Waals surface area (Å²) >= 11 is 5.81. The van der Waals surface area contributed by atoms with Crippen LogP contribution in [0.15, 0.2) is 0 Å². The summed E-state index contributed by atoms with van der Waals surface area (Å²) in [5.74, 6) is -0.670. The first-order chi connectivity index (χ1) is 7.06. The number of rotatable bonds is 3. The quantitative estimate of drug-likeness (QED) is 0.693. The molecule has 0 unspecified atom stereocenters. The second kappa shape index (κ2) is 5.64. The Hall–Kier alpha value is -0.380. The fourth-order valence-corrected chi connectivity index (χ4v) is 1.88. The van der Waals surface area contributed by atoms with Crippen LogP contribution in [0, 0.1) is 5.92 Å². The molecule has 1 fully saturated rings. The average Bonchev–Trinajstić information content (AvgIpc) is 2.27. The molecule has 0 aromatic rings. The van der Waals surface area contributed by atoms with Crippen molar-refractivity contribution in [3.63, 3.8) is 0 Å². The van der Waals surface area contributed by atoms with E-state index in [0.717, 1.165) is 0 Å². The number of carbonyl (C=O) groups excluding carboxylic acids is 1. The number of hydrogen-bond acceptors (Lipinski definition) is 1. The molecule has 2 nitrogen and oxygen atoms in total. The Morgan fingerprint density at radius 3 is 2.40 bits per heavy atom. The van der Waals surface area contributed by atoms with Crippen molar-refractivity contribution in [1.29, 1.82) is 0 Å². The maximum atomic E-state index is 12.3. The highest BCUT2D eigenvalue weighted by Gasteiger charge is 2.30. The van der Waals surface area contributed by atoms with Crippen molar-refractivity contribution in [1.82, 2.24) is 4.90 Å². The van der Waals surface area contributed by atoms with Gasteiger partial charge in [0.2, 0.25) is 12.3 Å². The van der Waals surface area contributed by atoms with E-state index in [1.54, 1.807) is 4.90 Å². The topological polar surface area (TPSA) is 20.3 Å². The molecule has 1 heterocycles. The number of likely N-dealkylation sites (tertiary alicyclic amines) is 1. The summed E-state index contributed by atoms with van der Waals surface area (Å²) in [5, 5.41) is -0.506. The van der Waals surface area contributed by atoms with Gasteiger partial charge in [-0.1, -0.05) is 6.92 Å². The summed E-state index contributed by atoms with van der Waals surface area (Å²) < 4.78 is 24.7. The minimum Gasteiger partial charge on any atom is -0.341 e. The fraction of sp³-hybridized carbons (Fsp3) is 0.900. The molecule has 0 spiro atoms. The third kappa shape index (κ3) is 3.30. The minimum atomic E-state index is -2.26. The van der Waals surface area contributed by atoms with Crippen LogP contribution in [0.1, 0.15) is 26.2 Å². The van der Waals surface area contributed by atoms with Crippen LogP contribution in [0.5, 0.6) is 0 Å². The van der Waals surface area contributed by atoms with Crippen molar-refractivity contribution >= 4 is 17.5 Å². The second-order valence-corrected chi connectivity index (χ2v) is 4.40. The van der Waals surface area contributed by atoms with Gasteiger partial charge in [-0.15, -0.1) is 11.6 Å². The smallest absolute Gasteiger partial charge is 0.241 e. The van der Waals surface area contributed by atoms with E-state index in [4.69, 9.17) is 11.6 Å². The zero-order valence-electron chi connectivity index (χ0n) is 8.76. The molecule has 88 valence electrons. The van der Waals surface area contributed by atoms with Crippen LogP contribution in [0.2, 0.25) is 0 Å². The molecule has 0 saturated carbocycles. The van der Waals surface area contributed by atoms with Gasteiger partial charge in [0, 0.05) is 19.0 Å². The first-order valence-electron chi connectivity index (χ1n) is 5.27. The summed E-state index contributed by atoms with van der Waals surface area (Å²) in [7, 11) is 0. The summed E-state index contributed by atoms with van der Waals surface area (Å²) in [6.07, 6.45) is -0.914. The van der Waals surface area contributed by atoms with Crippen LogP contribution in [0.25, 0.3) is 0 Å². The lowest BCUT2D eigenvalue weighted by Crippen LogP contribution is -2.43. The fourth-order valence-electron chi connectivity index (χ4n) is 1.74. The number of piperidine rings is 1. The van der Waals surface area contributed by atoms with Crippen molar-refractivity contribution in [3.8, 4) is 0 Å². The molecule has 0 aliphatic carbocycles. The van der Waals surface area contributed by atoms with Crippen LogP contribution in [0.4, 0.5) is 8.78 Å². The highest BCUT2D eigenvalue weighted by atomic mass is 35.5.